The van der Waals surface area contributed by atoms with Gasteiger partial charge in [0.05, 0.1) is 40.6 Å². The molecule has 4 rings (SSSR count). The number of nitrogens with zero attached hydrogens (tertiary/aromatic N) is 4. The number of carbonyl (C=O) groups excluding carboxylic acids is 1. The number of hydrogen-bond acceptors (Lipinski definition) is 6. The molecule has 0 fully saturated rings. The van der Waals surface area contributed by atoms with Crippen LogP contribution in [0.3, 0.4) is 0 Å². The summed E-state index contributed by atoms with van der Waals surface area (Å²) in [5, 5.41) is 13.0. The Morgan fingerprint density at radius 1 is 1.12 bits per heavy atom. The van der Waals surface area contributed by atoms with Crippen molar-refractivity contribution in [3.63, 3.8) is 0 Å². The van der Waals surface area contributed by atoms with Crippen molar-refractivity contribution in [2.24, 2.45) is 0 Å². The maximum absolute atomic E-state index is 14.3. The van der Waals surface area contributed by atoms with Crippen LogP contribution < -0.4 is 15.4 Å². The first-order chi connectivity index (χ1) is 15.3. The molecule has 0 aliphatic rings. The zero-order valence-electron chi connectivity index (χ0n) is 17.7. The van der Waals surface area contributed by atoms with Gasteiger partial charge in [-0.05, 0) is 39.0 Å². The second-order valence-electron chi connectivity index (χ2n) is 7.96. The SMILES string of the molecule is CC(C)(C)n1cc(NC(=O)Nc2cc(Oc3ccnc(-c4cnoc4)c3)ccc2F)cn1. The van der Waals surface area contributed by atoms with Crippen LogP contribution in [0.25, 0.3) is 11.3 Å². The largest absolute Gasteiger partial charge is 0.457 e. The van der Waals surface area contributed by atoms with Gasteiger partial charge in [0.15, 0.2) is 0 Å². The Kier molecular flexibility index (Phi) is 5.59. The number of ether oxygens (including phenoxy) is 1. The molecule has 10 heteroatoms. The summed E-state index contributed by atoms with van der Waals surface area (Å²) in [5.41, 5.74) is 1.54. The lowest BCUT2D eigenvalue weighted by molar-refractivity contribution is 0.262. The number of amides is 2. The van der Waals surface area contributed by atoms with E-state index < -0.39 is 11.8 Å². The lowest BCUT2D eigenvalue weighted by atomic mass is 10.1. The Hall–Kier alpha value is -4.21. The molecule has 3 aromatic heterocycles. The molecule has 0 atom stereocenters. The summed E-state index contributed by atoms with van der Waals surface area (Å²) in [7, 11) is 0. The van der Waals surface area contributed by atoms with Gasteiger partial charge in [-0.3, -0.25) is 9.67 Å². The summed E-state index contributed by atoms with van der Waals surface area (Å²) >= 11 is 0. The van der Waals surface area contributed by atoms with Crippen LogP contribution in [0.4, 0.5) is 20.6 Å². The standard InChI is InChI=1S/C22H21FN6O3/c1-22(2,3)29-12-15(11-25-29)27-21(30)28-20-9-16(4-5-18(20)23)32-17-6-7-24-19(8-17)14-10-26-31-13-14/h4-13H,1-3H3,(H2,27,28,30). The molecule has 2 N–H and O–H groups in total. The van der Waals surface area contributed by atoms with Crippen LogP contribution in [0.15, 0.2) is 65.9 Å². The molecule has 1 aromatic carbocycles. The van der Waals surface area contributed by atoms with E-state index in [1.54, 1.807) is 29.2 Å². The molecular weight excluding hydrogens is 415 g/mol. The fourth-order valence-corrected chi connectivity index (χ4v) is 2.80. The average Bonchev–Trinajstić information content (AvgIpc) is 3.43. The number of halogens is 1. The van der Waals surface area contributed by atoms with Crippen LogP contribution in [0.2, 0.25) is 0 Å². The molecule has 32 heavy (non-hydrogen) atoms. The van der Waals surface area contributed by atoms with Gasteiger partial charge < -0.3 is 19.9 Å². The number of rotatable bonds is 5. The number of hydrogen-bond donors (Lipinski definition) is 2. The second-order valence-corrected chi connectivity index (χ2v) is 7.96. The summed E-state index contributed by atoms with van der Waals surface area (Å²) in [5.74, 6) is 0.218. The third kappa shape index (κ3) is 4.91. The maximum atomic E-state index is 14.3. The molecule has 0 aliphatic heterocycles. The van der Waals surface area contributed by atoms with Gasteiger partial charge in [0, 0.05) is 24.5 Å². The number of benzene rings is 1. The van der Waals surface area contributed by atoms with E-state index in [0.29, 0.717) is 28.4 Å². The van der Waals surface area contributed by atoms with Crippen molar-refractivity contribution in [3.8, 4) is 22.8 Å². The molecule has 0 aliphatic carbocycles. The van der Waals surface area contributed by atoms with Crippen molar-refractivity contribution in [3.05, 3.63) is 67.2 Å². The van der Waals surface area contributed by atoms with Gasteiger partial charge in [-0.15, -0.1) is 0 Å². The summed E-state index contributed by atoms with van der Waals surface area (Å²) < 4.78 is 26.6. The molecule has 0 spiro atoms. The minimum Gasteiger partial charge on any atom is -0.457 e. The number of urea groups is 1. The average molecular weight is 436 g/mol. The Morgan fingerprint density at radius 3 is 2.66 bits per heavy atom. The molecule has 0 radical (unpaired) electrons. The van der Waals surface area contributed by atoms with Crippen molar-refractivity contribution in [2.75, 3.05) is 10.6 Å². The fraction of sp³-hybridized carbons (Fsp3) is 0.182. The van der Waals surface area contributed by atoms with E-state index in [-0.39, 0.29) is 11.2 Å². The van der Waals surface area contributed by atoms with Crippen molar-refractivity contribution < 1.29 is 18.4 Å². The highest BCUT2D eigenvalue weighted by atomic mass is 19.1. The third-order valence-corrected chi connectivity index (χ3v) is 4.41. The van der Waals surface area contributed by atoms with Crippen molar-refractivity contribution >= 4 is 17.4 Å². The smallest absolute Gasteiger partial charge is 0.323 e. The predicted octanol–water partition coefficient (Wildman–Crippen LogP) is 5.26. The van der Waals surface area contributed by atoms with E-state index >= 15 is 0 Å². The first-order valence-electron chi connectivity index (χ1n) is 9.74. The van der Waals surface area contributed by atoms with E-state index in [2.05, 4.69) is 25.9 Å². The molecule has 9 nitrogen and oxygen atoms in total. The summed E-state index contributed by atoms with van der Waals surface area (Å²) in [6.07, 6.45) is 7.81. The highest BCUT2D eigenvalue weighted by Gasteiger charge is 2.15. The van der Waals surface area contributed by atoms with Crippen LogP contribution in [-0.2, 0) is 5.54 Å². The Labute approximate surface area is 183 Å². The molecular formula is C22H21FN6O3. The molecule has 0 saturated heterocycles. The lowest BCUT2D eigenvalue weighted by Gasteiger charge is -2.18. The number of carbonyl (C=O) groups is 1. The van der Waals surface area contributed by atoms with Gasteiger partial charge in [0.25, 0.3) is 0 Å². The van der Waals surface area contributed by atoms with E-state index in [4.69, 9.17) is 9.26 Å². The van der Waals surface area contributed by atoms with Gasteiger partial charge in [0.2, 0.25) is 0 Å². The van der Waals surface area contributed by atoms with E-state index in [0.717, 1.165) is 0 Å². The quantitative estimate of drug-likeness (QED) is 0.442. The van der Waals surface area contributed by atoms with Crippen molar-refractivity contribution in [1.29, 1.82) is 0 Å². The highest BCUT2D eigenvalue weighted by Crippen LogP contribution is 2.28. The van der Waals surface area contributed by atoms with Gasteiger partial charge in [-0.25, -0.2) is 9.18 Å². The first kappa shape index (κ1) is 21.0. The fourth-order valence-electron chi connectivity index (χ4n) is 2.80. The third-order valence-electron chi connectivity index (χ3n) is 4.41. The molecule has 2 amide bonds. The van der Waals surface area contributed by atoms with Crippen LogP contribution in [0.5, 0.6) is 11.5 Å². The zero-order chi connectivity index (χ0) is 22.7. The van der Waals surface area contributed by atoms with Gasteiger partial charge in [-0.1, -0.05) is 5.16 Å². The minimum absolute atomic E-state index is 0.0310. The molecule has 4 aromatic rings. The van der Waals surface area contributed by atoms with Crippen LogP contribution in [-0.4, -0.2) is 26.0 Å². The summed E-state index contributed by atoms with van der Waals surface area (Å²) in [4.78, 5) is 16.6. The number of anilines is 2. The van der Waals surface area contributed by atoms with Gasteiger partial charge >= 0.3 is 6.03 Å². The normalized spacial score (nSPS) is 11.2. The Balaban J connectivity index is 1.45. The van der Waals surface area contributed by atoms with Crippen LogP contribution >= 0.6 is 0 Å². The van der Waals surface area contributed by atoms with Crippen molar-refractivity contribution in [1.82, 2.24) is 19.9 Å². The summed E-state index contributed by atoms with van der Waals surface area (Å²) in [6, 6.07) is 6.83. The Morgan fingerprint density at radius 2 is 1.94 bits per heavy atom. The van der Waals surface area contributed by atoms with E-state index in [1.807, 2.05) is 20.8 Å². The lowest BCUT2D eigenvalue weighted by Crippen LogP contribution is -2.22. The zero-order valence-corrected chi connectivity index (χ0v) is 17.7. The maximum Gasteiger partial charge on any atom is 0.323 e. The molecule has 0 bridgehead atoms. The minimum atomic E-state index is -0.604. The topological polar surface area (TPSA) is 107 Å². The monoisotopic (exact) mass is 436 g/mol. The van der Waals surface area contributed by atoms with Gasteiger partial charge in [0.1, 0.15) is 23.6 Å². The Bertz CT molecular complexity index is 1230. The predicted molar refractivity (Wildman–Crippen MR) is 116 cm³/mol. The van der Waals surface area contributed by atoms with E-state index in [9.17, 15) is 9.18 Å². The second kappa shape index (κ2) is 8.50. The van der Waals surface area contributed by atoms with Crippen LogP contribution in [0, 0.1) is 5.82 Å². The molecule has 164 valence electrons. The highest BCUT2D eigenvalue weighted by molar-refractivity contribution is 5.99. The molecule has 0 saturated carbocycles. The number of aromatic nitrogens is 4. The van der Waals surface area contributed by atoms with Gasteiger partial charge in [-0.2, -0.15) is 5.10 Å². The number of nitrogens with one attached hydrogen (secondary N) is 2. The summed E-state index contributed by atoms with van der Waals surface area (Å²) in [6.45, 7) is 5.97. The first-order valence-corrected chi connectivity index (χ1v) is 9.74. The van der Waals surface area contributed by atoms with Crippen LogP contribution in [0.1, 0.15) is 20.8 Å². The number of pyridine rings is 1. The van der Waals surface area contributed by atoms with Crippen molar-refractivity contribution in [2.45, 2.75) is 26.3 Å². The molecule has 3 heterocycles. The van der Waals surface area contributed by atoms with E-state index in [1.165, 1.54) is 36.9 Å². The molecule has 0 unspecified atom stereocenters.